The lowest BCUT2D eigenvalue weighted by atomic mass is 10.2. The molecule has 0 saturated heterocycles. The SMILES string of the molecule is CS(=O)(=O)c1cc(C(=O)NCc2ccc(Oc3ccc(F)cc3)nc2)cc([N+](=O)[O-])c1. The van der Waals surface area contributed by atoms with Gasteiger partial charge in [-0.05, 0) is 35.9 Å². The lowest BCUT2D eigenvalue weighted by Gasteiger charge is -2.08. The molecule has 1 amide bonds. The number of non-ortho nitro benzene ring substituents is 1. The fourth-order valence-corrected chi connectivity index (χ4v) is 3.19. The van der Waals surface area contributed by atoms with Gasteiger partial charge in [-0.2, -0.15) is 0 Å². The Labute approximate surface area is 176 Å². The summed E-state index contributed by atoms with van der Waals surface area (Å²) >= 11 is 0. The van der Waals surface area contributed by atoms with Crippen LogP contribution in [0.25, 0.3) is 0 Å². The highest BCUT2D eigenvalue weighted by molar-refractivity contribution is 7.90. The highest BCUT2D eigenvalue weighted by atomic mass is 32.2. The van der Waals surface area contributed by atoms with Crippen LogP contribution in [-0.4, -0.2) is 30.5 Å². The normalized spacial score (nSPS) is 11.0. The third kappa shape index (κ3) is 5.82. The summed E-state index contributed by atoms with van der Waals surface area (Å²) in [5.74, 6) is -0.403. The number of halogens is 1. The summed E-state index contributed by atoms with van der Waals surface area (Å²) in [5.41, 5.74) is -0.0514. The largest absolute Gasteiger partial charge is 0.439 e. The zero-order valence-corrected chi connectivity index (χ0v) is 16.9. The van der Waals surface area contributed by atoms with Gasteiger partial charge in [-0.1, -0.05) is 6.07 Å². The number of rotatable bonds is 7. The van der Waals surface area contributed by atoms with Gasteiger partial charge >= 0.3 is 0 Å². The van der Waals surface area contributed by atoms with Crippen LogP contribution in [0.2, 0.25) is 0 Å². The number of nitrogens with zero attached hydrogens (tertiary/aromatic N) is 2. The van der Waals surface area contributed by atoms with Crippen LogP contribution in [0.3, 0.4) is 0 Å². The number of benzene rings is 2. The van der Waals surface area contributed by atoms with Crippen molar-refractivity contribution in [3.8, 4) is 11.6 Å². The van der Waals surface area contributed by atoms with E-state index in [4.69, 9.17) is 4.74 Å². The van der Waals surface area contributed by atoms with Crippen LogP contribution in [0.1, 0.15) is 15.9 Å². The number of hydrogen-bond donors (Lipinski definition) is 1. The van der Waals surface area contributed by atoms with E-state index in [0.717, 1.165) is 24.5 Å². The Balaban J connectivity index is 1.68. The molecule has 3 rings (SSSR count). The van der Waals surface area contributed by atoms with Crippen LogP contribution in [0.5, 0.6) is 11.6 Å². The molecule has 1 aromatic heterocycles. The monoisotopic (exact) mass is 445 g/mol. The number of sulfone groups is 1. The predicted molar refractivity (Wildman–Crippen MR) is 108 cm³/mol. The van der Waals surface area contributed by atoms with Crippen molar-refractivity contribution in [2.45, 2.75) is 11.4 Å². The minimum atomic E-state index is -3.74. The average Bonchev–Trinajstić information content (AvgIpc) is 2.73. The fraction of sp³-hybridized carbons (Fsp3) is 0.100. The predicted octanol–water partition coefficient (Wildman–Crippen LogP) is 3.25. The van der Waals surface area contributed by atoms with E-state index in [1.54, 1.807) is 12.1 Å². The zero-order chi connectivity index (χ0) is 22.6. The molecule has 3 aromatic rings. The second-order valence-electron chi connectivity index (χ2n) is 6.49. The van der Waals surface area contributed by atoms with Crippen molar-refractivity contribution >= 4 is 21.4 Å². The van der Waals surface area contributed by atoms with Crippen molar-refractivity contribution in [2.24, 2.45) is 0 Å². The van der Waals surface area contributed by atoms with Crippen molar-refractivity contribution in [3.63, 3.8) is 0 Å². The molecular formula is C20H16FN3O6S. The molecule has 0 radical (unpaired) electrons. The molecule has 0 fully saturated rings. The van der Waals surface area contributed by atoms with Gasteiger partial charge in [0.1, 0.15) is 11.6 Å². The smallest absolute Gasteiger partial charge is 0.271 e. The molecule has 0 aliphatic heterocycles. The van der Waals surface area contributed by atoms with Crippen molar-refractivity contribution in [1.29, 1.82) is 0 Å². The van der Waals surface area contributed by atoms with E-state index in [1.165, 1.54) is 30.5 Å². The summed E-state index contributed by atoms with van der Waals surface area (Å²) in [4.78, 5) is 26.5. The molecule has 0 bridgehead atoms. The van der Waals surface area contributed by atoms with Gasteiger partial charge in [0, 0.05) is 42.8 Å². The summed E-state index contributed by atoms with van der Waals surface area (Å²) in [6, 6.07) is 11.6. The first kappa shape index (κ1) is 21.8. The Kier molecular flexibility index (Phi) is 6.25. The third-order valence-electron chi connectivity index (χ3n) is 4.08. The maximum absolute atomic E-state index is 12.9. The molecule has 31 heavy (non-hydrogen) atoms. The molecule has 0 saturated carbocycles. The maximum atomic E-state index is 12.9. The number of pyridine rings is 1. The van der Waals surface area contributed by atoms with E-state index in [1.807, 2.05) is 0 Å². The van der Waals surface area contributed by atoms with Gasteiger partial charge in [0.25, 0.3) is 11.6 Å². The topological polar surface area (TPSA) is 128 Å². The molecule has 0 atom stereocenters. The van der Waals surface area contributed by atoms with Crippen molar-refractivity contribution in [1.82, 2.24) is 10.3 Å². The van der Waals surface area contributed by atoms with Crippen LogP contribution in [0, 0.1) is 15.9 Å². The lowest BCUT2D eigenvalue weighted by molar-refractivity contribution is -0.385. The van der Waals surface area contributed by atoms with Crippen molar-refractivity contribution in [2.75, 3.05) is 6.26 Å². The molecule has 0 unspecified atom stereocenters. The molecular weight excluding hydrogens is 429 g/mol. The Morgan fingerprint density at radius 3 is 2.45 bits per heavy atom. The fourth-order valence-electron chi connectivity index (χ4n) is 2.52. The second kappa shape index (κ2) is 8.88. The number of carbonyl (C=O) groups is 1. The zero-order valence-electron chi connectivity index (χ0n) is 16.1. The van der Waals surface area contributed by atoms with Gasteiger partial charge in [0.2, 0.25) is 5.88 Å². The number of hydrogen-bond acceptors (Lipinski definition) is 7. The Bertz CT molecular complexity index is 1230. The summed E-state index contributed by atoms with van der Waals surface area (Å²) in [7, 11) is -3.74. The average molecular weight is 445 g/mol. The minimum Gasteiger partial charge on any atom is -0.439 e. The van der Waals surface area contributed by atoms with Gasteiger partial charge in [0.15, 0.2) is 9.84 Å². The number of amides is 1. The van der Waals surface area contributed by atoms with E-state index < -0.39 is 26.4 Å². The Morgan fingerprint density at radius 2 is 1.87 bits per heavy atom. The van der Waals surface area contributed by atoms with E-state index in [0.29, 0.717) is 11.3 Å². The van der Waals surface area contributed by atoms with Gasteiger partial charge in [0.05, 0.1) is 9.82 Å². The lowest BCUT2D eigenvalue weighted by Crippen LogP contribution is -2.23. The van der Waals surface area contributed by atoms with Crippen molar-refractivity contribution in [3.05, 3.63) is 87.9 Å². The molecule has 160 valence electrons. The van der Waals surface area contributed by atoms with E-state index in [9.17, 15) is 27.7 Å². The number of nitrogens with one attached hydrogen (secondary N) is 1. The highest BCUT2D eigenvalue weighted by Crippen LogP contribution is 2.22. The molecule has 0 aliphatic carbocycles. The first-order valence-electron chi connectivity index (χ1n) is 8.78. The number of ether oxygens (including phenoxy) is 1. The highest BCUT2D eigenvalue weighted by Gasteiger charge is 2.19. The standard InChI is InChI=1S/C20H16FN3O6S/c1-31(28,29)18-9-14(8-16(10-18)24(26)27)20(25)23-12-13-2-7-19(22-11-13)30-17-5-3-15(21)4-6-17/h2-11H,12H2,1H3,(H,23,25). The molecule has 9 nitrogen and oxygen atoms in total. The molecule has 2 aromatic carbocycles. The van der Waals surface area contributed by atoms with Gasteiger partial charge < -0.3 is 10.1 Å². The Hall–Kier alpha value is -3.86. The van der Waals surface area contributed by atoms with Gasteiger partial charge in [-0.25, -0.2) is 17.8 Å². The molecule has 0 aliphatic rings. The first-order valence-corrected chi connectivity index (χ1v) is 10.7. The molecule has 1 N–H and O–H groups in total. The summed E-state index contributed by atoms with van der Waals surface area (Å²) in [6.07, 6.45) is 2.35. The molecule has 11 heteroatoms. The summed E-state index contributed by atoms with van der Waals surface area (Å²) in [6.45, 7) is 0.0412. The van der Waals surface area contributed by atoms with Crippen molar-refractivity contribution < 1.29 is 27.3 Å². The molecule has 0 spiro atoms. The summed E-state index contributed by atoms with van der Waals surface area (Å²) < 4.78 is 41.9. The van der Waals surface area contributed by atoms with E-state index >= 15 is 0 Å². The van der Waals surface area contributed by atoms with Crippen LogP contribution in [0.4, 0.5) is 10.1 Å². The number of nitro benzene ring substituents is 1. The van der Waals surface area contributed by atoms with E-state index in [-0.39, 0.29) is 28.7 Å². The maximum Gasteiger partial charge on any atom is 0.271 e. The minimum absolute atomic E-state index is 0.0412. The quantitative estimate of drug-likeness (QED) is 0.437. The van der Waals surface area contributed by atoms with Gasteiger partial charge in [-0.15, -0.1) is 0 Å². The Morgan fingerprint density at radius 1 is 1.16 bits per heavy atom. The van der Waals surface area contributed by atoms with E-state index in [2.05, 4.69) is 10.3 Å². The van der Waals surface area contributed by atoms with Gasteiger partial charge in [-0.3, -0.25) is 14.9 Å². The number of aromatic nitrogens is 1. The summed E-state index contributed by atoms with van der Waals surface area (Å²) in [5, 5.41) is 13.6. The number of carbonyl (C=O) groups excluding carboxylic acids is 1. The van der Waals surface area contributed by atoms with Crippen LogP contribution < -0.4 is 10.1 Å². The van der Waals surface area contributed by atoms with Crippen LogP contribution >= 0.6 is 0 Å². The molecule has 1 heterocycles. The van der Waals surface area contributed by atoms with Crippen LogP contribution in [0.15, 0.2) is 65.7 Å². The van der Waals surface area contributed by atoms with Crippen LogP contribution in [-0.2, 0) is 16.4 Å². The first-order chi connectivity index (χ1) is 14.6. The second-order valence-corrected chi connectivity index (χ2v) is 8.50. The third-order valence-corrected chi connectivity index (χ3v) is 5.17. The number of nitro groups is 1.